The lowest BCUT2D eigenvalue weighted by molar-refractivity contribution is 0.581. The average molecular weight is 272 g/mol. The van der Waals surface area contributed by atoms with Crippen LogP contribution in [0.25, 0.3) is 5.69 Å². The first kappa shape index (κ1) is 12.2. The SMILES string of the molecule is CCS(=O)(=O)NCc1cn(-c2ccsc2)nn1. The second-order valence-corrected chi connectivity index (χ2v) is 6.24. The summed E-state index contributed by atoms with van der Waals surface area (Å²) < 4.78 is 26.5. The van der Waals surface area contributed by atoms with E-state index in [0.717, 1.165) is 5.69 Å². The Balaban J connectivity index is 2.05. The van der Waals surface area contributed by atoms with Gasteiger partial charge in [0, 0.05) is 5.38 Å². The van der Waals surface area contributed by atoms with E-state index in [1.807, 2.05) is 16.8 Å². The smallest absolute Gasteiger partial charge is 0.211 e. The first-order valence-corrected chi connectivity index (χ1v) is 7.61. The summed E-state index contributed by atoms with van der Waals surface area (Å²) in [7, 11) is -3.19. The van der Waals surface area contributed by atoms with E-state index in [9.17, 15) is 8.42 Å². The third-order valence-electron chi connectivity index (χ3n) is 2.16. The number of nitrogens with zero attached hydrogens (tertiary/aromatic N) is 3. The molecule has 2 heterocycles. The number of hydrogen-bond acceptors (Lipinski definition) is 5. The van der Waals surface area contributed by atoms with Gasteiger partial charge >= 0.3 is 0 Å². The van der Waals surface area contributed by atoms with Crippen LogP contribution in [0.1, 0.15) is 12.6 Å². The first-order valence-electron chi connectivity index (χ1n) is 5.02. The van der Waals surface area contributed by atoms with Crippen LogP contribution >= 0.6 is 11.3 Å². The first-order chi connectivity index (χ1) is 8.11. The molecule has 0 radical (unpaired) electrons. The third-order valence-corrected chi connectivity index (χ3v) is 4.18. The summed E-state index contributed by atoms with van der Waals surface area (Å²) in [5, 5.41) is 11.7. The van der Waals surface area contributed by atoms with Crippen molar-refractivity contribution >= 4 is 21.4 Å². The van der Waals surface area contributed by atoms with Crippen LogP contribution in [0.2, 0.25) is 0 Å². The minimum absolute atomic E-state index is 0.0612. The topological polar surface area (TPSA) is 76.9 Å². The molecular formula is C9H12N4O2S2. The molecule has 17 heavy (non-hydrogen) atoms. The Hall–Kier alpha value is -1.25. The molecule has 0 aliphatic rings. The summed E-state index contributed by atoms with van der Waals surface area (Å²) in [6, 6.07) is 1.92. The van der Waals surface area contributed by atoms with Crippen LogP contribution in [0, 0.1) is 0 Å². The van der Waals surface area contributed by atoms with E-state index in [1.165, 1.54) is 0 Å². The molecule has 2 aromatic heterocycles. The van der Waals surface area contributed by atoms with E-state index in [0.29, 0.717) is 5.69 Å². The molecule has 2 rings (SSSR count). The molecule has 0 unspecified atom stereocenters. The van der Waals surface area contributed by atoms with Gasteiger partial charge in [-0.1, -0.05) is 5.21 Å². The summed E-state index contributed by atoms with van der Waals surface area (Å²) >= 11 is 1.56. The lowest BCUT2D eigenvalue weighted by Crippen LogP contribution is -2.24. The molecule has 0 fully saturated rings. The summed E-state index contributed by atoms with van der Waals surface area (Å²) in [5.41, 5.74) is 1.51. The van der Waals surface area contributed by atoms with E-state index < -0.39 is 10.0 Å². The summed E-state index contributed by atoms with van der Waals surface area (Å²) in [6.07, 6.45) is 1.71. The Labute approximate surface area is 103 Å². The molecular weight excluding hydrogens is 260 g/mol. The zero-order valence-electron chi connectivity index (χ0n) is 9.20. The van der Waals surface area contributed by atoms with Crippen molar-refractivity contribution in [3.63, 3.8) is 0 Å². The highest BCUT2D eigenvalue weighted by molar-refractivity contribution is 7.89. The maximum absolute atomic E-state index is 11.2. The van der Waals surface area contributed by atoms with E-state index >= 15 is 0 Å². The van der Waals surface area contributed by atoms with E-state index in [-0.39, 0.29) is 12.3 Å². The normalized spacial score (nSPS) is 11.8. The second-order valence-electron chi connectivity index (χ2n) is 3.36. The summed E-state index contributed by atoms with van der Waals surface area (Å²) in [5.74, 6) is 0.0612. The maximum atomic E-state index is 11.2. The highest BCUT2D eigenvalue weighted by atomic mass is 32.2. The Morgan fingerprint density at radius 3 is 3.00 bits per heavy atom. The molecule has 0 aromatic carbocycles. The lowest BCUT2D eigenvalue weighted by Gasteiger charge is -2.00. The second kappa shape index (κ2) is 4.94. The van der Waals surface area contributed by atoms with E-state index in [2.05, 4.69) is 15.0 Å². The van der Waals surface area contributed by atoms with Crippen molar-refractivity contribution < 1.29 is 8.42 Å². The van der Waals surface area contributed by atoms with Crippen LogP contribution in [-0.4, -0.2) is 29.2 Å². The van der Waals surface area contributed by atoms with Gasteiger partial charge in [0.1, 0.15) is 0 Å². The molecule has 0 bridgehead atoms. The van der Waals surface area contributed by atoms with Gasteiger partial charge in [-0.2, -0.15) is 11.3 Å². The molecule has 0 saturated heterocycles. The molecule has 0 saturated carbocycles. The van der Waals surface area contributed by atoms with Gasteiger partial charge in [-0.3, -0.25) is 0 Å². The quantitative estimate of drug-likeness (QED) is 0.872. The lowest BCUT2D eigenvalue weighted by atomic mass is 10.5. The fourth-order valence-corrected chi connectivity index (χ4v) is 2.37. The van der Waals surface area contributed by atoms with Crippen molar-refractivity contribution in [2.75, 3.05) is 5.75 Å². The Kier molecular flexibility index (Phi) is 3.55. The number of rotatable bonds is 5. The highest BCUT2D eigenvalue weighted by Crippen LogP contribution is 2.10. The van der Waals surface area contributed by atoms with Gasteiger partial charge in [-0.25, -0.2) is 17.8 Å². The van der Waals surface area contributed by atoms with Crippen LogP contribution < -0.4 is 4.72 Å². The largest absolute Gasteiger partial charge is 0.220 e. The predicted octanol–water partition coefficient (Wildman–Crippen LogP) is 0.768. The molecule has 0 aliphatic heterocycles. The fraction of sp³-hybridized carbons (Fsp3) is 0.333. The number of nitrogens with one attached hydrogen (secondary N) is 1. The molecule has 1 N–H and O–H groups in total. The molecule has 8 heteroatoms. The van der Waals surface area contributed by atoms with Crippen molar-refractivity contribution in [2.45, 2.75) is 13.5 Å². The Bertz CT molecular complexity index is 574. The standard InChI is InChI=1S/C9H12N4O2S2/c1-2-17(14,15)10-5-8-6-13(12-11-8)9-3-4-16-7-9/h3-4,6-7,10H,2,5H2,1H3. The van der Waals surface area contributed by atoms with Crippen molar-refractivity contribution in [3.8, 4) is 5.69 Å². The number of sulfonamides is 1. The van der Waals surface area contributed by atoms with Gasteiger partial charge in [-0.15, -0.1) is 5.10 Å². The molecule has 0 spiro atoms. The van der Waals surface area contributed by atoms with Crippen LogP contribution in [-0.2, 0) is 16.6 Å². The number of thiophene rings is 1. The summed E-state index contributed by atoms with van der Waals surface area (Å²) in [4.78, 5) is 0. The van der Waals surface area contributed by atoms with Gasteiger partial charge < -0.3 is 0 Å². The Morgan fingerprint density at radius 1 is 1.53 bits per heavy atom. The van der Waals surface area contributed by atoms with Gasteiger partial charge in [0.15, 0.2) is 0 Å². The van der Waals surface area contributed by atoms with Crippen LogP contribution in [0.5, 0.6) is 0 Å². The molecule has 2 aromatic rings. The van der Waals surface area contributed by atoms with Crippen LogP contribution in [0.15, 0.2) is 23.0 Å². The van der Waals surface area contributed by atoms with E-state index in [4.69, 9.17) is 0 Å². The fourth-order valence-electron chi connectivity index (χ4n) is 1.18. The Morgan fingerprint density at radius 2 is 2.35 bits per heavy atom. The van der Waals surface area contributed by atoms with Crippen molar-refractivity contribution in [2.24, 2.45) is 0 Å². The minimum atomic E-state index is -3.19. The third kappa shape index (κ3) is 3.11. The molecule has 0 atom stereocenters. The van der Waals surface area contributed by atoms with Crippen LogP contribution in [0.4, 0.5) is 0 Å². The highest BCUT2D eigenvalue weighted by Gasteiger charge is 2.08. The van der Waals surface area contributed by atoms with Crippen molar-refractivity contribution in [1.82, 2.24) is 19.7 Å². The van der Waals surface area contributed by atoms with Gasteiger partial charge in [-0.05, 0) is 18.4 Å². The van der Waals surface area contributed by atoms with Gasteiger partial charge in [0.05, 0.1) is 29.9 Å². The van der Waals surface area contributed by atoms with Gasteiger partial charge in [0.2, 0.25) is 10.0 Å². The van der Waals surface area contributed by atoms with Crippen molar-refractivity contribution in [1.29, 1.82) is 0 Å². The summed E-state index contributed by atoms with van der Waals surface area (Å²) in [6.45, 7) is 1.75. The number of aromatic nitrogens is 3. The molecule has 0 amide bonds. The zero-order valence-corrected chi connectivity index (χ0v) is 10.8. The average Bonchev–Trinajstić information content (AvgIpc) is 2.97. The monoisotopic (exact) mass is 272 g/mol. The number of hydrogen-bond donors (Lipinski definition) is 1. The van der Waals surface area contributed by atoms with E-state index in [1.54, 1.807) is 29.1 Å². The predicted molar refractivity (Wildman–Crippen MR) is 65.5 cm³/mol. The van der Waals surface area contributed by atoms with Gasteiger partial charge in [0.25, 0.3) is 0 Å². The molecule has 92 valence electrons. The van der Waals surface area contributed by atoms with Crippen LogP contribution in [0.3, 0.4) is 0 Å². The molecule has 0 aliphatic carbocycles. The molecule has 6 nitrogen and oxygen atoms in total. The zero-order chi connectivity index (χ0) is 12.3. The van der Waals surface area contributed by atoms with Crippen molar-refractivity contribution in [3.05, 3.63) is 28.7 Å². The maximum Gasteiger partial charge on any atom is 0.211 e. The minimum Gasteiger partial charge on any atom is -0.220 e.